The summed E-state index contributed by atoms with van der Waals surface area (Å²) in [6.07, 6.45) is 4.46. The number of hydrogen-bond acceptors (Lipinski definition) is 2. The van der Waals surface area contributed by atoms with Crippen LogP contribution in [-0.4, -0.2) is 23.4 Å². The first-order valence-electron chi connectivity index (χ1n) is 6.52. The van der Waals surface area contributed by atoms with Crippen LogP contribution in [-0.2, 0) is 11.3 Å². The monoisotopic (exact) mass is 328 g/mol. The van der Waals surface area contributed by atoms with Gasteiger partial charge in [0.05, 0.1) is 6.54 Å². The van der Waals surface area contributed by atoms with Gasteiger partial charge in [0.15, 0.2) is 0 Å². The second-order valence-electron chi connectivity index (χ2n) is 5.05. The third-order valence-corrected chi connectivity index (χ3v) is 4.08. The van der Waals surface area contributed by atoms with Crippen LogP contribution in [0.25, 0.3) is 0 Å². The highest BCUT2D eigenvalue weighted by molar-refractivity contribution is 9.10. The Balaban J connectivity index is 2.12. The first-order valence-corrected chi connectivity index (χ1v) is 7.32. The third kappa shape index (κ3) is 4.01. The smallest absolute Gasteiger partial charge is 0.231 e. The van der Waals surface area contributed by atoms with Gasteiger partial charge in [-0.25, -0.2) is 4.39 Å². The number of primary amides is 1. The molecule has 3 nitrogen and oxygen atoms in total. The van der Waals surface area contributed by atoms with Crippen molar-refractivity contribution in [2.75, 3.05) is 6.54 Å². The number of nitrogens with zero attached hydrogens (tertiary/aromatic N) is 1. The van der Waals surface area contributed by atoms with E-state index in [1.165, 1.54) is 18.9 Å². The normalized spacial score (nSPS) is 16.2. The van der Waals surface area contributed by atoms with Crippen molar-refractivity contribution in [2.45, 2.75) is 38.3 Å². The fourth-order valence-electron chi connectivity index (χ4n) is 2.65. The van der Waals surface area contributed by atoms with E-state index in [0.717, 1.165) is 17.3 Å². The fraction of sp³-hybridized carbons (Fsp3) is 0.500. The van der Waals surface area contributed by atoms with Gasteiger partial charge in [-0.1, -0.05) is 34.8 Å². The maximum absolute atomic E-state index is 13.9. The van der Waals surface area contributed by atoms with Crippen molar-refractivity contribution >= 4 is 21.8 Å². The summed E-state index contributed by atoms with van der Waals surface area (Å²) in [4.78, 5) is 13.2. The molecular formula is C14H18BrFN2O. The Morgan fingerprint density at radius 1 is 1.42 bits per heavy atom. The van der Waals surface area contributed by atoms with Gasteiger partial charge in [0.1, 0.15) is 5.82 Å². The first kappa shape index (κ1) is 14.5. The lowest BCUT2D eigenvalue weighted by atomic mass is 10.1. The summed E-state index contributed by atoms with van der Waals surface area (Å²) in [5.74, 6) is -0.605. The minimum atomic E-state index is -0.357. The van der Waals surface area contributed by atoms with Crippen LogP contribution in [0.3, 0.4) is 0 Å². The molecule has 1 aliphatic carbocycles. The summed E-state index contributed by atoms with van der Waals surface area (Å²) in [7, 11) is 0. The minimum absolute atomic E-state index is 0.195. The SMILES string of the molecule is NC(=O)CN(Cc1ccc(Br)cc1F)C1CCCC1. The number of carbonyl (C=O) groups excluding carboxylic acids is 1. The van der Waals surface area contributed by atoms with Gasteiger partial charge in [0, 0.05) is 22.6 Å². The second kappa shape index (κ2) is 6.48. The van der Waals surface area contributed by atoms with Crippen molar-refractivity contribution < 1.29 is 9.18 Å². The number of hydrogen-bond donors (Lipinski definition) is 1. The fourth-order valence-corrected chi connectivity index (χ4v) is 2.99. The van der Waals surface area contributed by atoms with Crippen molar-refractivity contribution in [3.05, 3.63) is 34.1 Å². The highest BCUT2D eigenvalue weighted by atomic mass is 79.9. The molecule has 0 aromatic heterocycles. The molecule has 1 aliphatic rings. The highest BCUT2D eigenvalue weighted by Gasteiger charge is 2.24. The van der Waals surface area contributed by atoms with Crippen molar-refractivity contribution in [1.82, 2.24) is 4.90 Å². The zero-order valence-corrected chi connectivity index (χ0v) is 12.3. The van der Waals surface area contributed by atoms with Crippen molar-refractivity contribution in [3.63, 3.8) is 0 Å². The number of halogens is 2. The molecule has 5 heteroatoms. The summed E-state index contributed by atoms with van der Waals surface area (Å²) in [5.41, 5.74) is 5.90. The van der Waals surface area contributed by atoms with E-state index in [1.54, 1.807) is 6.07 Å². The lowest BCUT2D eigenvalue weighted by molar-refractivity contribution is -0.119. The average Bonchev–Trinajstić information content (AvgIpc) is 2.84. The van der Waals surface area contributed by atoms with Crippen LogP contribution in [0.15, 0.2) is 22.7 Å². The quantitative estimate of drug-likeness (QED) is 0.903. The summed E-state index contributed by atoms with van der Waals surface area (Å²) < 4.78 is 14.6. The van der Waals surface area contributed by atoms with Gasteiger partial charge in [-0.3, -0.25) is 9.69 Å². The van der Waals surface area contributed by atoms with Gasteiger partial charge < -0.3 is 5.73 Å². The van der Waals surface area contributed by atoms with Gasteiger partial charge in [0.2, 0.25) is 5.91 Å². The van der Waals surface area contributed by atoms with Crippen LogP contribution in [0, 0.1) is 5.82 Å². The van der Waals surface area contributed by atoms with E-state index >= 15 is 0 Å². The van der Waals surface area contributed by atoms with Crippen LogP contribution in [0.4, 0.5) is 4.39 Å². The molecule has 0 saturated heterocycles. The molecule has 0 atom stereocenters. The summed E-state index contributed by atoms with van der Waals surface area (Å²) in [5, 5.41) is 0. The molecule has 1 aromatic rings. The van der Waals surface area contributed by atoms with Gasteiger partial charge in [-0.05, 0) is 25.0 Å². The molecule has 0 unspecified atom stereocenters. The molecule has 0 spiro atoms. The predicted octanol–water partition coefficient (Wildman–Crippen LogP) is 2.82. The molecule has 0 heterocycles. The molecule has 1 saturated carbocycles. The number of amides is 1. The molecule has 0 bridgehead atoms. The Hall–Kier alpha value is -0.940. The Morgan fingerprint density at radius 3 is 2.68 bits per heavy atom. The highest BCUT2D eigenvalue weighted by Crippen LogP contribution is 2.25. The van der Waals surface area contributed by atoms with Crippen molar-refractivity contribution in [2.24, 2.45) is 5.73 Å². The molecular weight excluding hydrogens is 311 g/mol. The van der Waals surface area contributed by atoms with Crippen LogP contribution >= 0.6 is 15.9 Å². The average molecular weight is 329 g/mol. The summed E-state index contributed by atoms with van der Waals surface area (Å²) >= 11 is 3.24. The first-order chi connectivity index (χ1) is 9.06. The molecule has 19 heavy (non-hydrogen) atoms. The van der Waals surface area contributed by atoms with Crippen LogP contribution < -0.4 is 5.73 Å². The molecule has 104 valence electrons. The number of nitrogens with two attached hydrogens (primary N) is 1. The molecule has 1 amide bonds. The molecule has 1 fully saturated rings. The standard InChI is InChI=1S/C14H18BrFN2O/c15-11-6-5-10(13(16)7-11)8-18(9-14(17)19)12-3-1-2-4-12/h5-7,12H,1-4,8-9H2,(H2,17,19). The zero-order valence-electron chi connectivity index (χ0n) is 10.7. The van der Waals surface area contributed by atoms with E-state index in [9.17, 15) is 9.18 Å². The maximum atomic E-state index is 13.9. The second-order valence-corrected chi connectivity index (χ2v) is 5.96. The zero-order chi connectivity index (χ0) is 13.8. The Bertz CT molecular complexity index is 461. The molecule has 1 aromatic carbocycles. The van der Waals surface area contributed by atoms with Gasteiger partial charge in [0.25, 0.3) is 0 Å². The third-order valence-electron chi connectivity index (χ3n) is 3.59. The van der Waals surface area contributed by atoms with E-state index in [2.05, 4.69) is 15.9 Å². The van der Waals surface area contributed by atoms with E-state index in [-0.39, 0.29) is 18.3 Å². The Morgan fingerprint density at radius 2 is 2.11 bits per heavy atom. The van der Waals surface area contributed by atoms with E-state index in [0.29, 0.717) is 18.2 Å². The summed E-state index contributed by atoms with van der Waals surface area (Å²) in [6, 6.07) is 5.36. The van der Waals surface area contributed by atoms with Gasteiger partial charge in [-0.2, -0.15) is 0 Å². The van der Waals surface area contributed by atoms with Crippen LogP contribution in [0.1, 0.15) is 31.2 Å². The lowest BCUT2D eigenvalue weighted by Gasteiger charge is -2.27. The minimum Gasteiger partial charge on any atom is -0.369 e. The van der Waals surface area contributed by atoms with Crippen molar-refractivity contribution in [3.8, 4) is 0 Å². The summed E-state index contributed by atoms with van der Waals surface area (Å²) in [6.45, 7) is 0.632. The topological polar surface area (TPSA) is 46.3 Å². The Kier molecular flexibility index (Phi) is 4.93. The Labute approximate surface area is 121 Å². The van der Waals surface area contributed by atoms with E-state index in [4.69, 9.17) is 5.73 Å². The molecule has 0 aliphatic heterocycles. The van der Waals surface area contributed by atoms with Crippen molar-refractivity contribution in [1.29, 1.82) is 0 Å². The maximum Gasteiger partial charge on any atom is 0.231 e. The molecule has 2 rings (SSSR count). The number of benzene rings is 1. The van der Waals surface area contributed by atoms with E-state index in [1.807, 2.05) is 11.0 Å². The lowest BCUT2D eigenvalue weighted by Crippen LogP contribution is -2.39. The predicted molar refractivity (Wildman–Crippen MR) is 76.0 cm³/mol. The number of carbonyl (C=O) groups is 1. The van der Waals surface area contributed by atoms with Crippen LogP contribution in [0.2, 0.25) is 0 Å². The number of rotatable bonds is 5. The van der Waals surface area contributed by atoms with E-state index < -0.39 is 0 Å². The molecule has 0 radical (unpaired) electrons. The largest absolute Gasteiger partial charge is 0.369 e. The molecule has 2 N–H and O–H groups in total. The van der Waals surface area contributed by atoms with Gasteiger partial charge >= 0.3 is 0 Å². The van der Waals surface area contributed by atoms with Gasteiger partial charge in [-0.15, -0.1) is 0 Å². The van der Waals surface area contributed by atoms with Crippen LogP contribution in [0.5, 0.6) is 0 Å².